The molecule has 1 aliphatic heterocycles. The molecule has 0 unspecified atom stereocenters. The molecule has 24 heavy (non-hydrogen) atoms. The molecule has 0 atom stereocenters. The SMILES string of the molecule is COc1cc(NC2CCN(c3nc4ccccc4o3)CC2)ncn1. The van der Waals surface area contributed by atoms with Crippen molar-refractivity contribution < 1.29 is 9.15 Å². The van der Waals surface area contributed by atoms with Gasteiger partial charge in [-0.2, -0.15) is 4.98 Å². The standard InChI is InChI=1S/C17H19N5O2/c1-23-16-10-15(18-11-19-16)20-12-6-8-22(9-7-12)17-21-13-4-2-3-5-14(13)24-17/h2-5,10-12H,6-9H2,1H3,(H,18,19,20). The van der Waals surface area contributed by atoms with Crippen molar-refractivity contribution in [2.75, 3.05) is 30.4 Å². The fourth-order valence-corrected chi connectivity index (χ4v) is 2.95. The highest BCUT2D eigenvalue weighted by Crippen LogP contribution is 2.25. The number of fused-ring (bicyclic) bond motifs is 1. The van der Waals surface area contributed by atoms with Gasteiger partial charge in [0.1, 0.15) is 17.7 Å². The van der Waals surface area contributed by atoms with Crippen LogP contribution in [0.4, 0.5) is 11.8 Å². The molecule has 0 amide bonds. The third-order valence-electron chi connectivity index (χ3n) is 4.25. The second-order valence-electron chi connectivity index (χ2n) is 5.82. The molecule has 0 bridgehead atoms. The summed E-state index contributed by atoms with van der Waals surface area (Å²) in [5.74, 6) is 1.36. The third kappa shape index (κ3) is 2.97. The van der Waals surface area contributed by atoms with E-state index in [1.54, 1.807) is 7.11 Å². The fraction of sp³-hybridized carbons (Fsp3) is 0.353. The summed E-state index contributed by atoms with van der Waals surface area (Å²) in [4.78, 5) is 15.0. The van der Waals surface area contributed by atoms with Crippen LogP contribution in [-0.2, 0) is 0 Å². The van der Waals surface area contributed by atoms with Gasteiger partial charge in [-0.05, 0) is 25.0 Å². The molecule has 7 heteroatoms. The summed E-state index contributed by atoms with van der Waals surface area (Å²) in [7, 11) is 1.60. The number of benzene rings is 1. The Kier molecular flexibility index (Phi) is 3.90. The molecule has 1 fully saturated rings. The number of hydrogen-bond acceptors (Lipinski definition) is 7. The van der Waals surface area contributed by atoms with E-state index in [9.17, 15) is 0 Å². The fourth-order valence-electron chi connectivity index (χ4n) is 2.95. The Morgan fingerprint density at radius 1 is 1.21 bits per heavy atom. The number of methoxy groups -OCH3 is 1. The zero-order valence-corrected chi connectivity index (χ0v) is 13.5. The molecule has 3 heterocycles. The molecule has 1 aliphatic rings. The lowest BCUT2D eigenvalue weighted by molar-refractivity contribution is 0.397. The number of rotatable bonds is 4. The van der Waals surface area contributed by atoms with Crippen LogP contribution in [0.3, 0.4) is 0 Å². The maximum atomic E-state index is 5.85. The molecule has 124 valence electrons. The Balaban J connectivity index is 1.39. The highest BCUT2D eigenvalue weighted by Gasteiger charge is 2.23. The molecular formula is C17H19N5O2. The summed E-state index contributed by atoms with van der Waals surface area (Å²) in [6.07, 6.45) is 3.49. The topological polar surface area (TPSA) is 76.3 Å². The first kappa shape index (κ1) is 14.7. The highest BCUT2D eigenvalue weighted by atomic mass is 16.5. The maximum Gasteiger partial charge on any atom is 0.298 e. The van der Waals surface area contributed by atoms with Crippen molar-refractivity contribution in [3.05, 3.63) is 36.7 Å². The first-order chi connectivity index (χ1) is 11.8. The van der Waals surface area contributed by atoms with Gasteiger partial charge in [-0.25, -0.2) is 9.97 Å². The van der Waals surface area contributed by atoms with E-state index in [4.69, 9.17) is 9.15 Å². The first-order valence-electron chi connectivity index (χ1n) is 8.05. The predicted molar refractivity (Wildman–Crippen MR) is 91.5 cm³/mol. The summed E-state index contributed by atoms with van der Waals surface area (Å²) in [5.41, 5.74) is 1.74. The molecule has 1 saturated heterocycles. The van der Waals surface area contributed by atoms with E-state index in [1.807, 2.05) is 30.3 Å². The van der Waals surface area contributed by atoms with Gasteiger partial charge in [-0.3, -0.25) is 0 Å². The van der Waals surface area contributed by atoms with E-state index in [2.05, 4.69) is 25.2 Å². The van der Waals surface area contributed by atoms with Crippen LogP contribution in [0.15, 0.2) is 41.1 Å². The van der Waals surface area contributed by atoms with Crippen LogP contribution in [0, 0.1) is 0 Å². The number of nitrogens with one attached hydrogen (secondary N) is 1. The minimum Gasteiger partial charge on any atom is -0.481 e. The molecule has 2 aromatic heterocycles. The molecule has 7 nitrogen and oxygen atoms in total. The molecule has 1 aromatic carbocycles. The number of oxazole rings is 1. The van der Waals surface area contributed by atoms with Crippen LogP contribution >= 0.6 is 0 Å². The molecule has 1 N–H and O–H groups in total. The van der Waals surface area contributed by atoms with Gasteiger partial charge >= 0.3 is 0 Å². The second kappa shape index (κ2) is 6.35. The van der Waals surface area contributed by atoms with E-state index in [-0.39, 0.29) is 0 Å². The third-order valence-corrected chi connectivity index (χ3v) is 4.25. The zero-order valence-electron chi connectivity index (χ0n) is 13.5. The number of anilines is 2. The lowest BCUT2D eigenvalue weighted by atomic mass is 10.1. The van der Waals surface area contributed by atoms with Crippen LogP contribution in [0.1, 0.15) is 12.8 Å². The van der Waals surface area contributed by atoms with E-state index in [0.717, 1.165) is 42.8 Å². The van der Waals surface area contributed by atoms with Crippen LogP contribution in [0.5, 0.6) is 5.88 Å². The number of hydrogen-bond donors (Lipinski definition) is 1. The van der Waals surface area contributed by atoms with Crippen molar-refractivity contribution >= 4 is 22.9 Å². The van der Waals surface area contributed by atoms with Crippen molar-refractivity contribution in [1.82, 2.24) is 15.0 Å². The Morgan fingerprint density at radius 3 is 2.83 bits per heavy atom. The summed E-state index contributed by atoms with van der Waals surface area (Å²) >= 11 is 0. The van der Waals surface area contributed by atoms with Gasteiger partial charge in [0.15, 0.2) is 5.58 Å². The van der Waals surface area contributed by atoms with E-state index >= 15 is 0 Å². The first-order valence-corrected chi connectivity index (χ1v) is 8.05. The highest BCUT2D eigenvalue weighted by molar-refractivity contribution is 5.74. The monoisotopic (exact) mass is 325 g/mol. The smallest absolute Gasteiger partial charge is 0.298 e. The molecule has 3 aromatic rings. The normalized spacial score (nSPS) is 15.6. The van der Waals surface area contributed by atoms with E-state index < -0.39 is 0 Å². The minimum atomic E-state index is 0.366. The number of nitrogens with zero attached hydrogens (tertiary/aromatic N) is 4. The molecular weight excluding hydrogens is 306 g/mol. The van der Waals surface area contributed by atoms with Crippen LogP contribution in [0.2, 0.25) is 0 Å². The largest absolute Gasteiger partial charge is 0.481 e. The summed E-state index contributed by atoms with van der Waals surface area (Å²) in [6, 6.07) is 10.7. The van der Waals surface area contributed by atoms with Crippen molar-refractivity contribution in [3.8, 4) is 5.88 Å². The van der Waals surface area contributed by atoms with Gasteiger partial charge < -0.3 is 19.4 Å². The summed E-state index contributed by atoms with van der Waals surface area (Å²) < 4.78 is 11.0. The van der Waals surface area contributed by atoms with Gasteiger partial charge in [0.25, 0.3) is 6.01 Å². The Bertz CT molecular complexity index is 793. The average molecular weight is 325 g/mol. The van der Waals surface area contributed by atoms with Gasteiger partial charge in [0, 0.05) is 25.2 Å². The lowest BCUT2D eigenvalue weighted by Gasteiger charge is -2.31. The summed E-state index contributed by atoms with van der Waals surface area (Å²) in [6.45, 7) is 1.79. The molecule has 0 spiro atoms. The van der Waals surface area contributed by atoms with Crippen LogP contribution in [-0.4, -0.2) is 41.2 Å². The molecule has 4 rings (SSSR count). The second-order valence-corrected chi connectivity index (χ2v) is 5.82. The van der Waals surface area contributed by atoms with Gasteiger partial charge in [0.2, 0.25) is 5.88 Å². The van der Waals surface area contributed by atoms with Crippen molar-refractivity contribution in [3.63, 3.8) is 0 Å². The van der Waals surface area contributed by atoms with Crippen molar-refractivity contribution in [2.24, 2.45) is 0 Å². The van der Waals surface area contributed by atoms with Gasteiger partial charge in [-0.1, -0.05) is 12.1 Å². The van der Waals surface area contributed by atoms with Crippen molar-refractivity contribution in [1.29, 1.82) is 0 Å². The van der Waals surface area contributed by atoms with Crippen LogP contribution in [0.25, 0.3) is 11.1 Å². The predicted octanol–water partition coefficient (Wildman–Crippen LogP) is 2.71. The molecule has 0 saturated carbocycles. The number of piperidine rings is 1. The van der Waals surface area contributed by atoms with Crippen LogP contribution < -0.4 is 15.0 Å². The quantitative estimate of drug-likeness (QED) is 0.790. The van der Waals surface area contributed by atoms with E-state index in [0.29, 0.717) is 17.9 Å². The van der Waals surface area contributed by atoms with Crippen molar-refractivity contribution in [2.45, 2.75) is 18.9 Å². The molecule has 0 radical (unpaired) electrons. The van der Waals surface area contributed by atoms with Gasteiger partial charge in [0.05, 0.1) is 7.11 Å². The lowest BCUT2D eigenvalue weighted by Crippen LogP contribution is -2.39. The average Bonchev–Trinajstić information content (AvgIpc) is 3.06. The van der Waals surface area contributed by atoms with E-state index in [1.165, 1.54) is 6.33 Å². The number of para-hydroxylation sites is 2. The Hall–Kier alpha value is -2.83. The Labute approximate surface area is 139 Å². The molecule has 0 aliphatic carbocycles. The Morgan fingerprint density at radius 2 is 2.04 bits per heavy atom. The minimum absolute atomic E-state index is 0.366. The zero-order chi connectivity index (χ0) is 16.4. The van der Waals surface area contributed by atoms with Gasteiger partial charge in [-0.15, -0.1) is 0 Å². The maximum absolute atomic E-state index is 5.85. The summed E-state index contributed by atoms with van der Waals surface area (Å²) in [5, 5.41) is 3.45. The number of ether oxygens (including phenoxy) is 1. The number of aromatic nitrogens is 3.